The van der Waals surface area contributed by atoms with Crippen LogP contribution in [0.1, 0.15) is 22.8 Å². The maximum atomic E-state index is 12.6. The lowest BCUT2D eigenvalue weighted by atomic mass is 10.1. The second-order valence-corrected chi connectivity index (χ2v) is 4.65. The van der Waals surface area contributed by atoms with Gasteiger partial charge in [-0.3, -0.25) is 0 Å². The Labute approximate surface area is 125 Å². The van der Waals surface area contributed by atoms with E-state index in [4.69, 9.17) is 5.26 Å². The molecule has 4 nitrogen and oxygen atoms in total. The summed E-state index contributed by atoms with van der Waals surface area (Å²) < 4.78 is 71.0. The molecule has 1 aromatic carbocycles. The van der Waals surface area contributed by atoms with Gasteiger partial charge in [0.2, 0.25) is 0 Å². The Morgan fingerprint density at radius 1 is 1.41 bits per heavy atom. The summed E-state index contributed by atoms with van der Waals surface area (Å²) in [7, 11) is 0. The lowest BCUT2D eigenvalue weighted by molar-refractivity contribution is -0.0506. The van der Waals surface area contributed by atoms with Gasteiger partial charge in [0, 0.05) is 0 Å². The van der Waals surface area contributed by atoms with Crippen LogP contribution in [-0.4, -0.2) is 24.7 Å². The maximum absolute atomic E-state index is 12.6. The molecule has 10 heteroatoms. The Kier molecular flexibility index (Phi) is 5.99. The van der Waals surface area contributed by atoms with Crippen molar-refractivity contribution in [2.24, 2.45) is 0 Å². The number of hydrogen-bond donors (Lipinski definition) is 0. The van der Waals surface area contributed by atoms with Crippen LogP contribution in [0, 0.1) is 11.3 Å². The topological polar surface area (TPSA) is 59.3 Å². The lowest BCUT2D eigenvalue weighted by Crippen LogP contribution is -2.14. The van der Waals surface area contributed by atoms with Crippen LogP contribution in [0.5, 0.6) is 5.75 Å². The minimum atomic E-state index is -4.84. The van der Waals surface area contributed by atoms with Crippen molar-refractivity contribution < 1.29 is 36.2 Å². The Bertz CT molecular complexity index is 598. The van der Waals surface area contributed by atoms with Gasteiger partial charge >= 0.3 is 18.1 Å². The number of nitriles is 1. The number of benzene rings is 1. The number of esters is 1. The molecule has 0 radical (unpaired) electrons. The standard InChI is InChI=1S/C12H8F5NO3S/c1-2-20-10(19)8-7(21-11(13)14)4-3-6(5-18)9(8)22-12(15,16)17/h3-4,11H,2H2,1H3. The molecule has 22 heavy (non-hydrogen) atoms. The SMILES string of the molecule is CCOC(=O)c1c(OC(F)F)ccc(C#N)c1SC(F)(F)F. The van der Waals surface area contributed by atoms with E-state index in [1.807, 2.05) is 0 Å². The molecule has 0 saturated carbocycles. The zero-order chi connectivity index (χ0) is 16.9. The van der Waals surface area contributed by atoms with Crippen molar-refractivity contribution in [3.63, 3.8) is 0 Å². The summed E-state index contributed by atoms with van der Waals surface area (Å²) in [5.74, 6) is -2.08. The van der Waals surface area contributed by atoms with E-state index in [0.717, 1.165) is 12.1 Å². The number of ether oxygens (including phenoxy) is 2. The summed E-state index contributed by atoms with van der Waals surface area (Å²) in [6.45, 7) is -2.17. The van der Waals surface area contributed by atoms with Gasteiger partial charge in [-0.25, -0.2) is 4.79 Å². The quantitative estimate of drug-likeness (QED) is 0.461. The number of carbonyl (C=O) groups excluding carboxylic acids is 1. The van der Waals surface area contributed by atoms with Crippen molar-refractivity contribution >= 4 is 17.7 Å². The van der Waals surface area contributed by atoms with Gasteiger partial charge in [-0.15, -0.1) is 0 Å². The van der Waals surface area contributed by atoms with Crippen LogP contribution < -0.4 is 4.74 Å². The highest BCUT2D eigenvalue weighted by Crippen LogP contribution is 2.43. The number of hydrogen-bond acceptors (Lipinski definition) is 5. The second kappa shape index (κ2) is 7.31. The van der Waals surface area contributed by atoms with E-state index >= 15 is 0 Å². The van der Waals surface area contributed by atoms with Crippen LogP contribution in [0.15, 0.2) is 17.0 Å². The molecule has 0 atom stereocenters. The van der Waals surface area contributed by atoms with E-state index in [1.165, 1.54) is 13.0 Å². The average Bonchev–Trinajstić information content (AvgIpc) is 2.36. The molecular weight excluding hydrogens is 333 g/mol. The number of thioether (sulfide) groups is 1. The number of carbonyl (C=O) groups is 1. The van der Waals surface area contributed by atoms with Crippen molar-refractivity contribution in [3.05, 3.63) is 23.3 Å². The molecule has 0 fully saturated rings. The molecule has 0 amide bonds. The van der Waals surface area contributed by atoms with Crippen molar-refractivity contribution in [1.82, 2.24) is 0 Å². The molecule has 1 aromatic rings. The highest BCUT2D eigenvalue weighted by atomic mass is 32.2. The van der Waals surface area contributed by atoms with Gasteiger partial charge < -0.3 is 9.47 Å². The predicted octanol–water partition coefficient (Wildman–Crippen LogP) is 3.95. The first-order valence-corrected chi connectivity index (χ1v) is 6.46. The van der Waals surface area contributed by atoms with Crippen molar-refractivity contribution in [2.45, 2.75) is 23.9 Å². The third kappa shape index (κ3) is 4.77. The first-order valence-electron chi connectivity index (χ1n) is 5.64. The minimum Gasteiger partial charge on any atom is -0.462 e. The Hall–Kier alpha value is -2.02. The molecule has 0 aliphatic heterocycles. The normalized spacial score (nSPS) is 11.2. The number of alkyl halides is 5. The van der Waals surface area contributed by atoms with Crippen LogP contribution in [-0.2, 0) is 4.74 Å². The molecule has 0 aromatic heterocycles. The number of nitrogens with zero attached hydrogens (tertiary/aromatic N) is 1. The molecule has 120 valence electrons. The minimum absolute atomic E-state index is 0.195. The second-order valence-electron chi connectivity index (χ2n) is 3.57. The summed E-state index contributed by atoms with van der Waals surface area (Å²) in [4.78, 5) is 10.9. The van der Waals surface area contributed by atoms with Crippen LogP contribution in [0.3, 0.4) is 0 Å². The van der Waals surface area contributed by atoms with Gasteiger partial charge in [0.05, 0.1) is 17.1 Å². The van der Waals surface area contributed by atoms with Gasteiger partial charge in [-0.1, -0.05) is 0 Å². The Morgan fingerprint density at radius 2 is 2.05 bits per heavy atom. The van der Waals surface area contributed by atoms with Crippen LogP contribution >= 0.6 is 11.8 Å². The predicted molar refractivity (Wildman–Crippen MR) is 65.7 cm³/mol. The third-order valence-electron chi connectivity index (χ3n) is 2.15. The van der Waals surface area contributed by atoms with Gasteiger partial charge in [-0.2, -0.15) is 27.2 Å². The van der Waals surface area contributed by atoms with Gasteiger partial charge in [0.25, 0.3) is 0 Å². The molecule has 0 bridgehead atoms. The molecule has 0 N–H and O–H groups in total. The summed E-state index contributed by atoms with van der Waals surface area (Å²) >= 11 is -0.774. The van der Waals surface area contributed by atoms with E-state index < -0.39 is 51.6 Å². The van der Waals surface area contributed by atoms with Crippen LogP contribution in [0.4, 0.5) is 22.0 Å². The zero-order valence-electron chi connectivity index (χ0n) is 10.9. The van der Waals surface area contributed by atoms with E-state index in [1.54, 1.807) is 0 Å². The van der Waals surface area contributed by atoms with E-state index in [9.17, 15) is 26.7 Å². The first-order chi connectivity index (χ1) is 10.2. The summed E-state index contributed by atoms with van der Waals surface area (Å²) in [6.07, 6.45) is 0. The molecule has 0 aliphatic rings. The Balaban J connectivity index is 3.52. The van der Waals surface area contributed by atoms with E-state index in [-0.39, 0.29) is 6.61 Å². The molecule has 0 unspecified atom stereocenters. The molecule has 0 heterocycles. The zero-order valence-corrected chi connectivity index (χ0v) is 11.7. The number of rotatable bonds is 5. The fourth-order valence-corrected chi connectivity index (χ4v) is 2.21. The molecule has 0 saturated heterocycles. The summed E-state index contributed by atoms with van der Waals surface area (Å²) in [5, 5.41) is 8.85. The molecular formula is C12H8F5NO3S. The van der Waals surface area contributed by atoms with Crippen molar-refractivity contribution in [2.75, 3.05) is 6.61 Å². The van der Waals surface area contributed by atoms with Gasteiger partial charge in [-0.05, 0) is 30.8 Å². The van der Waals surface area contributed by atoms with Crippen LogP contribution in [0.2, 0.25) is 0 Å². The van der Waals surface area contributed by atoms with E-state index in [2.05, 4.69) is 9.47 Å². The third-order valence-corrected chi connectivity index (χ3v) is 3.01. The highest BCUT2D eigenvalue weighted by molar-refractivity contribution is 8.00. The molecule has 0 spiro atoms. The smallest absolute Gasteiger partial charge is 0.446 e. The summed E-state index contributed by atoms with van der Waals surface area (Å²) in [5.41, 5.74) is -6.20. The molecule has 0 aliphatic carbocycles. The Morgan fingerprint density at radius 3 is 2.50 bits per heavy atom. The monoisotopic (exact) mass is 341 g/mol. The largest absolute Gasteiger partial charge is 0.462 e. The highest BCUT2D eigenvalue weighted by Gasteiger charge is 2.35. The van der Waals surface area contributed by atoms with E-state index in [0.29, 0.717) is 0 Å². The average molecular weight is 341 g/mol. The molecule has 1 rings (SSSR count). The van der Waals surface area contributed by atoms with Gasteiger partial charge in [0.1, 0.15) is 17.4 Å². The van der Waals surface area contributed by atoms with Crippen LogP contribution in [0.25, 0.3) is 0 Å². The number of halogens is 5. The lowest BCUT2D eigenvalue weighted by Gasteiger charge is -2.16. The fourth-order valence-electron chi connectivity index (χ4n) is 1.47. The van der Waals surface area contributed by atoms with Crippen molar-refractivity contribution in [1.29, 1.82) is 5.26 Å². The van der Waals surface area contributed by atoms with Crippen molar-refractivity contribution in [3.8, 4) is 11.8 Å². The van der Waals surface area contributed by atoms with Gasteiger partial charge in [0.15, 0.2) is 0 Å². The maximum Gasteiger partial charge on any atom is 0.446 e. The summed E-state index contributed by atoms with van der Waals surface area (Å²) in [6, 6.07) is 3.14. The fraction of sp³-hybridized carbons (Fsp3) is 0.333. The first kappa shape index (κ1) is 18.0.